The zero-order valence-electron chi connectivity index (χ0n) is 20.9. The lowest BCUT2D eigenvalue weighted by Gasteiger charge is -2.10. The van der Waals surface area contributed by atoms with Gasteiger partial charge in [0.05, 0.1) is 11.7 Å². The summed E-state index contributed by atoms with van der Waals surface area (Å²) in [4.78, 5) is 21.6. The summed E-state index contributed by atoms with van der Waals surface area (Å²) >= 11 is 5.81. The number of nitrogens with zero attached hydrogens (tertiary/aromatic N) is 5. The molecular formula is C28H31ClFN5O2. The standard InChI is InChI=1S/C17H13ClFN3O.C6H8N2.C5H10O/c1-9-2-4-12-14(9)21-16-15(20-6-7-22(16)17(12)23)11-5-3-10(18)8-13(11)19;1-4-7-8(5-1)6-2-3-6;1-2-4-6-5-3-1/h3,5-9H,2,4H2,1H3;1,4-6H,2-3H2;1-5H2. The monoisotopic (exact) mass is 523 g/mol. The van der Waals surface area contributed by atoms with Gasteiger partial charge in [0.1, 0.15) is 11.5 Å². The lowest BCUT2D eigenvalue weighted by molar-refractivity contribution is 0.0968. The smallest absolute Gasteiger partial charge is 0.261 e. The van der Waals surface area contributed by atoms with E-state index in [1.807, 2.05) is 30.1 Å². The number of benzene rings is 1. The van der Waals surface area contributed by atoms with Crippen LogP contribution in [-0.4, -0.2) is 37.4 Å². The topological polar surface area (TPSA) is 74.3 Å². The maximum absolute atomic E-state index is 14.3. The molecule has 1 atom stereocenters. The van der Waals surface area contributed by atoms with Crippen molar-refractivity contribution >= 4 is 17.2 Å². The maximum atomic E-state index is 14.3. The van der Waals surface area contributed by atoms with Crippen molar-refractivity contribution in [2.24, 2.45) is 0 Å². The lowest BCUT2D eigenvalue weighted by atomic mass is 10.1. The summed E-state index contributed by atoms with van der Waals surface area (Å²) in [5.41, 5.74) is 2.48. The van der Waals surface area contributed by atoms with Gasteiger partial charge in [-0.2, -0.15) is 5.10 Å². The lowest BCUT2D eigenvalue weighted by Crippen LogP contribution is -2.21. The molecular weight excluding hydrogens is 493 g/mol. The molecule has 0 bridgehead atoms. The zero-order chi connectivity index (χ0) is 25.8. The first-order chi connectivity index (χ1) is 18.0. The van der Waals surface area contributed by atoms with Gasteiger partial charge in [-0.3, -0.25) is 18.9 Å². The maximum Gasteiger partial charge on any atom is 0.261 e. The largest absolute Gasteiger partial charge is 0.381 e. The summed E-state index contributed by atoms with van der Waals surface area (Å²) in [6.45, 7) is 4.05. The molecule has 9 heteroatoms. The Labute approximate surface area is 220 Å². The fourth-order valence-corrected chi connectivity index (χ4v) is 4.82. The van der Waals surface area contributed by atoms with Gasteiger partial charge in [-0.15, -0.1) is 0 Å². The summed E-state index contributed by atoms with van der Waals surface area (Å²) in [6, 6.07) is 7.10. The fourth-order valence-electron chi connectivity index (χ4n) is 4.66. The van der Waals surface area contributed by atoms with E-state index in [2.05, 4.69) is 15.1 Å². The summed E-state index contributed by atoms with van der Waals surface area (Å²) < 4.78 is 22.8. The van der Waals surface area contributed by atoms with Crippen molar-refractivity contribution in [2.75, 3.05) is 13.2 Å². The van der Waals surface area contributed by atoms with Crippen molar-refractivity contribution in [2.45, 2.75) is 63.8 Å². The van der Waals surface area contributed by atoms with Crippen molar-refractivity contribution in [1.82, 2.24) is 24.1 Å². The highest BCUT2D eigenvalue weighted by Crippen LogP contribution is 2.33. The Morgan fingerprint density at radius 3 is 2.51 bits per heavy atom. The third-order valence-electron chi connectivity index (χ3n) is 6.88. The van der Waals surface area contributed by atoms with Crippen molar-refractivity contribution < 1.29 is 9.13 Å². The van der Waals surface area contributed by atoms with E-state index < -0.39 is 5.82 Å². The quantitative estimate of drug-likeness (QED) is 0.322. The van der Waals surface area contributed by atoms with Crippen LogP contribution in [0.4, 0.5) is 4.39 Å². The molecule has 0 radical (unpaired) electrons. The minimum Gasteiger partial charge on any atom is -0.381 e. The number of hydrogen-bond donors (Lipinski definition) is 0. The molecule has 3 aromatic heterocycles. The second kappa shape index (κ2) is 11.5. The third-order valence-corrected chi connectivity index (χ3v) is 7.11. The van der Waals surface area contributed by atoms with E-state index in [0.717, 1.165) is 43.4 Å². The SMILES string of the molecule is C1CCOCC1.CC1CCc2c1nc1c(-c3ccc(Cl)cc3F)nccn1c2=O.c1cnn(C2CC2)c1. The van der Waals surface area contributed by atoms with E-state index in [9.17, 15) is 9.18 Å². The second-order valence-electron chi connectivity index (χ2n) is 9.70. The molecule has 7 nitrogen and oxygen atoms in total. The number of halogens is 2. The van der Waals surface area contributed by atoms with Crippen LogP contribution >= 0.6 is 11.6 Å². The predicted molar refractivity (Wildman–Crippen MR) is 142 cm³/mol. The fraction of sp³-hybridized carbons (Fsp3) is 0.429. The van der Waals surface area contributed by atoms with Gasteiger partial charge in [-0.25, -0.2) is 9.37 Å². The van der Waals surface area contributed by atoms with Gasteiger partial charge in [0.25, 0.3) is 5.56 Å². The second-order valence-corrected chi connectivity index (χ2v) is 10.1. The highest BCUT2D eigenvalue weighted by atomic mass is 35.5. The normalized spacial score (nSPS) is 18.4. The highest BCUT2D eigenvalue weighted by molar-refractivity contribution is 6.30. The van der Waals surface area contributed by atoms with Crippen LogP contribution in [0.5, 0.6) is 0 Å². The van der Waals surface area contributed by atoms with Crippen molar-refractivity contribution in [1.29, 1.82) is 0 Å². The molecule has 1 saturated carbocycles. The Morgan fingerprint density at radius 1 is 1.08 bits per heavy atom. The Morgan fingerprint density at radius 2 is 1.89 bits per heavy atom. The zero-order valence-corrected chi connectivity index (χ0v) is 21.7. The minimum atomic E-state index is -0.485. The van der Waals surface area contributed by atoms with Crippen LogP contribution in [0, 0.1) is 5.82 Å². The molecule has 4 aromatic rings. The van der Waals surface area contributed by atoms with Crippen molar-refractivity contribution in [3.05, 3.63) is 81.5 Å². The van der Waals surface area contributed by atoms with E-state index in [1.54, 1.807) is 18.3 Å². The van der Waals surface area contributed by atoms with Crippen LogP contribution in [-0.2, 0) is 11.2 Å². The minimum absolute atomic E-state index is 0.0904. The number of hydrogen-bond acceptors (Lipinski definition) is 5. The Hall–Kier alpha value is -3.10. The van der Waals surface area contributed by atoms with E-state index in [0.29, 0.717) is 16.4 Å². The Bertz CT molecular complexity index is 1400. The molecule has 37 heavy (non-hydrogen) atoms. The summed E-state index contributed by atoms with van der Waals surface area (Å²) in [6.07, 6.45) is 15.1. The first kappa shape index (κ1) is 25.5. The Balaban J connectivity index is 0.000000161. The van der Waals surface area contributed by atoms with Crippen LogP contribution in [0.15, 0.2) is 53.8 Å². The number of aromatic nitrogens is 5. The first-order valence-electron chi connectivity index (χ1n) is 13.0. The molecule has 0 N–H and O–H groups in total. The van der Waals surface area contributed by atoms with Gasteiger partial charge in [-0.1, -0.05) is 18.5 Å². The molecule has 3 aliphatic rings. The van der Waals surface area contributed by atoms with Gasteiger partial charge >= 0.3 is 0 Å². The molecule has 1 aromatic carbocycles. The third kappa shape index (κ3) is 5.91. The number of ether oxygens (including phenoxy) is 1. The van der Waals surface area contributed by atoms with Crippen LogP contribution < -0.4 is 5.56 Å². The molecule has 0 spiro atoms. The molecule has 2 aliphatic carbocycles. The predicted octanol–water partition coefficient (Wildman–Crippen LogP) is 6.00. The molecule has 1 saturated heterocycles. The van der Waals surface area contributed by atoms with Crippen LogP contribution in [0.3, 0.4) is 0 Å². The average molecular weight is 524 g/mol. The number of rotatable bonds is 2. The van der Waals surface area contributed by atoms with Crippen LogP contribution in [0.25, 0.3) is 16.9 Å². The molecule has 1 aliphatic heterocycles. The molecule has 0 amide bonds. The van der Waals surface area contributed by atoms with Gasteiger partial charge in [-0.05, 0) is 75.1 Å². The Kier molecular flexibility index (Phi) is 7.96. The van der Waals surface area contributed by atoms with Crippen LogP contribution in [0.1, 0.15) is 68.7 Å². The highest BCUT2D eigenvalue weighted by Gasteiger charge is 2.26. The molecule has 4 heterocycles. The van der Waals surface area contributed by atoms with E-state index in [4.69, 9.17) is 16.3 Å². The van der Waals surface area contributed by atoms with E-state index in [1.165, 1.54) is 48.8 Å². The molecule has 7 rings (SSSR count). The van der Waals surface area contributed by atoms with E-state index >= 15 is 0 Å². The number of fused-ring (bicyclic) bond motifs is 2. The first-order valence-corrected chi connectivity index (χ1v) is 13.3. The molecule has 1 unspecified atom stereocenters. The summed E-state index contributed by atoms with van der Waals surface area (Å²) in [5, 5.41) is 4.41. The molecule has 194 valence electrons. The molecule has 2 fully saturated rings. The van der Waals surface area contributed by atoms with Gasteiger partial charge in [0.15, 0.2) is 5.65 Å². The summed E-state index contributed by atoms with van der Waals surface area (Å²) in [5.74, 6) is -0.258. The van der Waals surface area contributed by atoms with Crippen LogP contribution in [0.2, 0.25) is 5.02 Å². The van der Waals surface area contributed by atoms with Gasteiger partial charge in [0.2, 0.25) is 0 Å². The van der Waals surface area contributed by atoms with E-state index in [-0.39, 0.29) is 17.0 Å². The summed E-state index contributed by atoms with van der Waals surface area (Å²) in [7, 11) is 0. The van der Waals surface area contributed by atoms with Gasteiger partial charge in [0, 0.05) is 54.2 Å². The van der Waals surface area contributed by atoms with Gasteiger partial charge < -0.3 is 4.74 Å². The average Bonchev–Trinajstić information content (AvgIpc) is 3.49. The van der Waals surface area contributed by atoms with Crippen molar-refractivity contribution in [3.8, 4) is 11.3 Å². The van der Waals surface area contributed by atoms with Crippen molar-refractivity contribution in [3.63, 3.8) is 0 Å².